The van der Waals surface area contributed by atoms with Crippen LogP contribution in [-0.4, -0.2) is 0 Å². The van der Waals surface area contributed by atoms with Crippen LogP contribution < -0.4 is 0 Å². The van der Waals surface area contributed by atoms with E-state index in [1.54, 1.807) is 0 Å². The maximum Gasteiger partial charge on any atom is -0.0294 e. The van der Waals surface area contributed by atoms with E-state index >= 15 is 0 Å². The molecule has 3 fully saturated rings. The van der Waals surface area contributed by atoms with Crippen molar-refractivity contribution in [3.8, 4) is 0 Å². The van der Waals surface area contributed by atoms with Gasteiger partial charge in [0.05, 0.1) is 0 Å². The first-order valence-electron chi connectivity index (χ1n) is 6.85. The highest BCUT2D eigenvalue weighted by atomic mass is 14.6. The quantitative estimate of drug-likeness (QED) is 0.622. The Labute approximate surface area is 95.8 Å². The molecule has 4 atom stereocenters. The third-order valence-electron chi connectivity index (χ3n) is 5.69. The van der Waals surface area contributed by atoms with Gasteiger partial charge in [-0.1, -0.05) is 41.5 Å². The van der Waals surface area contributed by atoms with Crippen molar-refractivity contribution in [1.29, 1.82) is 0 Å². The monoisotopic (exact) mass is 208 g/mol. The van der Waals surface area contributed by atoms with Crippen molar-refractivity contribution in [3.63, 3.8) is 0 Å². The van der Waals surface area contributed by atoms with Crippen LogP contribution in [0.3, 0.4) is 0 Å². The standard InChI is InChI=1S/C15H28/c1-9(2)12-7-11-8-13(15(11,5)6)14(12)10(3)4/h9-14H,7-8H2,1-6H3/t11?,12-,13?,14+/m1/s1. The van der Waals surface area contributed by atoms with Gasteiger partial charge in [0.25, 0.3) is 0 Å². The Morgan fingerprint density at radius 1 is 0.933 bits per heavy atom. The highest BCUT2D eigenvalue weighted by Crippen LogP contribution is 2.65. The van der Waals surface area contributed by atoms with E-state index in [2.05, 4.69) is 41.5 Å². The Balaban J connectivity index is 2.20. The summed E-state index contributed by atoms with van der Waals surface area (Å²) in [6, 6.07) is 0. The molecular formula is C15H28. The second kappa shape index (κ2) is 3.50. The lowest BCUT2D eigenvalue weighted by molar-refractivity contribution is -0.156. The zero-order chi connectivity index (χ0) is 11.4. The average Bonchev–Trinajstić information content (AvgIpc) is 2.16. The minimum Gasteiger partial charge on any atom is -0.0625 e. The van der Waals surface area contributed by atoms with Crippen molar-refractivity contribution in [2.24, 2.45) is 40.9 Å². The van der Waals surface area contributed by atoms with Crippen LogP contribution in [0.1, 0.15) is 54.4 Å². The molecule has 3 rings (SSSR count). The number of rotatable bonds is 2. The summed E-state index contributed by atoms with van der Waals surface area (Å²) in [6.45, 7) is 14.8. The first kappa shape index (κ1) is 11.5. The molecule has 0 aromatic rings. The van der Waals surface area contributed by atoms with Crippen LogP contribution >= 0.6 is 0 Å². The zero-order valence-electron chi connectivity index (χ0n) is 11.4. The molecule has 0 radical (unpaired) electrons. The van der Waals surface area contributed by atoms with Gasteiger partial charge in [-0.3, -0.25) is 0 Å². The molecule has 0 heterocycles. The molecule has 0 aromatic carbocycles. The van der Waals surface area contributed by atoms with Crippen molar-refractivity contribution in [2.45, 2.75) is 54.4 Å². The third-order valence-corrected chi connectivity index (χ3v) is 5.69. The molecule has 0 aliphatic heterocycles. The Hall–Kier alpha value is 0. The molecule has 0 spiro atoms. The molecule has 0 nitrogen and oxygen atoms in total. The molecule has 88 valence electrons. The first-order valence-corrected chi connectivity index (χ1v) is 6.85. The predicted octanol–water partition coefficient (Wildman–Crippen LogP) is 4.60. The summed E-state index contributed by atoms with van der Waals surface area (Å²) in [5, 5.41) is 0. The van der Waals surface area contributed by atoms with Gasteiger partial charge in [0.1, 0.15) is 0 Å². The zero-order valence-corrected chi connectivity index (χ0v) is 11.4. The van der Waals surface area contributed by atoms with Crippen molar-refractivity contribution in [1.82, 2.24) is 0 Å². The SMILES string of the molecule is CC(C)[C@@H]1C2CC(C[C@@H]1C(C)C)C2(C)C. The molecule has 3 aliphatic rings. The van der Waals surface area contributed by atoms with E-state index in [1.807, 2.05) is 0 Å². The fourth-order valence-corrected chi connectivity index (χ4v) is 4.57. The number of hydrogen-bond donors (Lipinski definition) is 0. The number of hydrogen-bond acceptors (Lipinski definition) is 0. The lowest BCUT2D eigenvalue weighted by atomic mass is 9.41. The average molecular weight is 208 g/mol. The van der Waals surface area contributed by atoms with Crippen molar-refractivity contribution < 1.29 is 0 Å². The molecule has 15 heavy (non-hydrogen) atoms. The molecule has 3 saturated carbocycles. The second-order valence-electron chi connectivity index (χ2n) is 7.33. The molecule has 0 heteroatoms. The van der Waals surface area contributed by atoms with Gasteiger partial charge in [-0.25, -0.2) is 0 Å². The third kappa shape index (κ3) is 1.56. The lowest BCUT2D eigenvalue weighted by Crippen LogP contribution is -2.57. The van der Waals surface area contributed by atoms with E-state index in [9.17, 15) is 0 Å². The molecule has 0 aromatic heterocycles. The molecule has 0 saturated heterocycles. The Kier molecular flexibility index (Phi) is 2.68. The molecular weight excluding hydrogens is 180 g/mol. The van der Waals surface area contributed by atoms with Gasteiger partial charge in [-0.05, 0) is 53.8 Å². The van der Waals surface area contributed by atoms with E-state index in [4.69, 9.17) is 0 Å². The summed E-state index contributed by atoms with van der Waals surface area (Å²) in [4.78, 5) is 0. The van der Waals surface area contributed by atoms with E-state index in [-0.39, 0.29) is 0 Å². The summed E-state index contributed by atoms with van der Waals surface area (Å²) in [5.41, 5.74) is 0.653. The minimum absolute atomic E-state index is 0.653. The fourth-order valence-electron chi connectivity index (χ4n) is 4.57. The highest BCUT2D eigenvalue weighted by molar-refractivity contribution is 5.06. The molecule has 0 N–H and O–H groups in total. The largest absolute Gasteiger partial charge is 0.0625 e. The summed E-state index contributed by atoms with van der Waals surface area (Å²) in [5.74, 6) is 5.81. The summed E-state index contributed by atoms with van der Waals surface area (Å²) in [7, 11) is 0. The maximum absolute atomic E-state index is 2.51. The fraction of sp³-hybridized carbons (Fsp3) is 1.00. The van der Waals surface area contributed by atoms with Crippen molar-refractivity contribution in [3.05, 3.63) is 0 Å². The van der Waals surface area contributed by atoms with Crippen LogP contribution in [0, 0.1) is 40.9 Å². The van der Waals surface area contributed by atoms with E-state index < -0.39 is 0 Å². The van der Waals surface area contributed by atoms with Crippen LogP contribution in [-0.2, 0) is 0 Å². The first-order chi connectivity index (χ1) is 6.85. The van der Waals surface area contributed by atoms with Crippen LogP contribution in [0.15, 0.2) is 0 Å². The van der Waals surface area contributed by atoms with Gasteiger partial charge < -0.3 is 0 Å². The van der Waals surface area contributed by atoms with Gasteiger partial charge in [0.15, 0.2) is 0 Å². The Bertz CT molecular complexity index is 234. The topological polar surface area (TPSA) is 0 Å². The highest BCUT2D eigenvalue weighted by Gasteiger charge is 2.58. The van der Waals surface area contributed by atoms with Crippen LogP contribution in [0.25, 0.3) is 0 Å². The van der Waals surface area contributed by atoms with E-state index in [1.165, 1.54) is 12.8 Å². The van der Waals surface area contributed by atoms with Gasteiger partial charge in [-0.15, -0.1) is 0 Å². The predicted molar refractivity (Wildman–Crippen MR) is 66.7 cm³/mol. The molecule has 0 amide bonds. The Morgan fingerprint density at radius 3 is 1.93 bits per heavy atom. The minimum atomic E-state index is 0.653. The summed E-state index contributed by atoms with van der Waals surface area (Å²) < 4.78 is 0. The normalized spacial score (nSPS) is 43.2. The summed E-state index contributed by atoms with van der Waals surface area (Å²) >= 11 is 0. The molecule has 3 aliphatic carbocycles. The van der Waals surface area contributed by atoms with Crippen molar-refractivity contribution >= 4 is 0 Å². The second-order valence-corrected chi connectivity index (χ2v) is 7.33. The van der Waals surface area contributed by atoms with Gasteiger partial charge in [0, 0.05) is 0 Å². The van der Waals surface area contributed by atoms with Crippen LogP contribution in [0.4, 0.5) is 0 Å². The van der Waals surface area contributed by atoms with Gasteiger partial charge in [0.2, 0.25) is 0 Å². The number of fused-ring (bicyclic) bond motifs is 2. The van der Waals surface area contributed by atoms with Crippen LogP contribution in [0.2, 0.25) is 0 Å². The van der Waals surface area contributed by atoms with Crippen LogP contribution in [0.5, 0.6) is 0 Å². The maximum atomic E-state index is 2.51. The van der Waals surface area contributed by atoms with E-state index in [0.29, 0.717) is 5.41 Å². The van der Waals surface area contributed by atoms with Gasteiger partial charge in [-0.2, -0.15) is 0 Å². The van der Waals surface area contributed by atoms with E-state index in [0.717, 1.165) is 35.5 Å². The van der Waals surface area contributed by atoms with Crippen molar-refractivity contribution in [2.75, 3.05) is 0 Å². The smallest absolute Gasteiger partial charge is 0.0294 e. The summed E-state index contributed by atoms with van der Waals surface area (Å²) in [6.07, 6.45) is 3.03. The Morgan fingerprint density at radius 2 is 1.53 bits per heavy atom. The lowest BCUT2D eigenvalue weighted by Gasteiger charge is -2.64. The molecule has 2 unspecified atom stereocenters. The van der Waals surface area contributed by atoms with Gasteiger partial charge >= 0.3 is 0 Å². The molecule has 2 bridgehead atoms.